The average Bonchev–Trinajstić information content (AvgIpc) is 3.30. The van der Waals surface area contributed by atoms with E-state index in [9.17, 15) is 29.1 Å². The second kappa shape index (κ2) is 16.8. The molecule has 1 aliphatic rings. The first-order valence-corrected chi connectivity index (χ1v) is 16.1. The summed E-state index contributed by atoms with van der Waals surface area (Å²) < 4.78 is 16.0. The van der Waals surface area contributed by atoms with E-state index in [1.807, 2.05) is 48.5 Å². The van der Waals surface area contributed by atoms with Crippen LogP contribution in [0.5, 0.6) is 0 Å². The largest absolute Gasteiger partial charge is 0.480 e. The summed E-state index contributed by atoms with van der Waals surface area (Å²) in [4.78, 5) is 62.4. The molecule has 0 aromatic heterocycles. The number of carboxylic acid groups (broad SMARTS) is 1. The molecule has 0 saturated heterocycles. The first-order chi connectivity index (χ1) is 22.5. The topological polar surface area (TPSA) is 181 Å². The number of rotatable bonds is 14. The highest BCUT2D eigenvalue weighted by Crippen LogP contribution is 2.44. The van der Waals surface area contributed by atoms with E-state index in [0.29, 0.717) is 0 Å². The molecule has 262 valence electrons. The zero-order chi connectivity index (χ0) is 35.5. The van der Waals surface area contributed by atoms with Gasteiger partial charge < -0.3 is 40.6 Å². The van der Waals surface area contributed by atoms with Gasteiger partial charge in [0.2, 0.25) is 5.91 Å². The lowest BCUT2D eigenvalue weighted by Gasteiger charge is -2.23. The highest BCUT2D eigenvalue weighted by molar-refractivity contribution is 5.89. The van der Waals surface area contributed by atoms with Crippen molar-refractivity contribution in [2.75, 3.05) is 19.7 Å². The standard InChI is InChI=1S/C35H48N4O9/c1-34(2,3)47-31(43)36-19-11-17-27(29(40)38-28(30(41)42)18-12-20-37-32(44)48-35(4,5)6)39-33(45)46-21-26-24-15-9-7-13-22(24)23-14-8-10-16-25(23)26/h7-10,13-16,26-28H,11-12,17-21H2,1-6H3,(H,36,43)(H,37,44)(H,38,40)(H,39,45)(H,41,42)/t27-,28-/m0/s1. The first kappa shape index (κ1) is 37.6. The molecule has 48 heavy (non-hydrogen) atoms. The number of ether oxygens (including phenoxy) is 3. The number of hydrogen-bond donors (Lipinski definition) is 5. The van der Waals surface area contributed by atoms with Gasteiger partial charge in [-0.2, -0.15) is 0 Å². The van der Waals surface area contributed by atoms with Gasteiger partial charge in [-0.1, -0.05) is 48.5 Å². The van der Waals surface area contributed by atoms with Crippen LogP contribution < -0.4 is 21.3 Å². The fourth-order valence-electron chi connectivity index (χ4n) is 5.20. The molecule has 2 aromatic rings. The summed E-state index contributed by atoms with van der Waals surface area (Å²) in [6.07, 6.45) is -1.53. The maximum Gasteiger partial charge on any atom is 0.407 e. The van der Waals surface area contributed by atoms with Crippen molar-refractivity contribution in [1.29, 1.82) is 0 Å². The van der Waals surface area contributed by atoms with Crippen molar-refractivity contribution in [3.8, 4) is 11.1 Å². The van der Waals surface area contributed by atoms with Crippen LogP contribution in [-0.2, 0) is 23.8 Å². The van der Waals surface area contributed by atoms with E-state index in [0.717, 1.165) is 22.3 Å². The third kappa shape index (κ3) is 12.1. The average molecular weight is 669 g/mol. The van der Waals surface area contributed by atoms with Crippen LogP contribution in [-0.4, -0.2) is 78.2 Å². The van der Waals surface area contributed by atoms with Gasteiger partial charge in [-0.25, -0.2) is 19.2 Å². The van der Waals surface area contributed by atoms with Crippen molar-refractivity contribution in [1.82, 2.24) is 21.3 Å². The fraction of sp³-hybridized carbons (Fsp3) is 0.514. The monoisotopic (exact) mass is 668 g/mol. The Morgan fingerprint density at radius 2 is 1.15 bits per heavy atom. The Morgan fingerprint density at radius 3 is 1.60 bits per heavy atom. The van der Waals surface area contributed by atoms with E-state index >= 15 is 0 Å². The van der Waals surface area contributed by atoms with Gasteiger partial charge in [-0.3, -0.25) is 4.79 Å². The van der Waals surface area contributed by atoms with Gasteiger partial charge in [0.05, 0.1) is 0 Å². The Labute approximate surface area is 281 Å². The summed E-state index contributed by atoms with van der Waals surface area (Å²) in [7, 11) is 0. The molecule has 13 nitrogen and oxygen atoms in total. The number of nitrogens with one attached hydrogen (secondary N) is 4. The molecule has 5 N–H and O–H groups in total. The maximum atomic E-state index is 13.3. The van der Waals surface area contributed by atoms with Crippen molar-refractivity contribution in [2.45, 2.75) is 96.4 Å². The minimum absolute atomic E-state index is 0.00867. The second-order valence-electron chi connectivity index (χ2n) is 13.6. The quantitative estimate of drug-likeness (QED) is 0.136. The molecule has 0 fully saturated rings. The zero-order valence-corrected chi connectivity index (χ0v) is 28.5. The molecule has 0 saturated carbocycles. The Kier molecular flexibility index (Phi) is 13.2. The smallest absolute Gasteiger partial charge is 0.407 e. The Bertz CT molecular complexity index is 1400. The molecule has 2 atom stereocenters. The molecule has 13 heteroatoms. The van der Waals surface area contributed by atoms with E-state index in [2.05, 4.69) is 21.3 Å². The number of alkyl carbamates (subject to hydrolysis) is 3. The minimum atomic E-state index is -1.29. The van der Waals surface area contributed by atoms with Crippen LogP contribution in [0.4, 0.5) is 14.4 Å². The maximum absolute atomic E-state index is 13.3. The van der Waals surface area contributed by atoms with E-state index in [1.165, 1.54) is 0 Å². The van der Waals surface area contributed by atoms with Crippen LogP contribution in [0.1, 0.15) is 84.3 Å². The minimum Gasteiger partial charge on any atom is -0.480 e. The van der Waals surface area contributed by atoms with Crippen molar-refractivity contribution in [3.05, 3.63) is 59.7 Å². The molecule has 0 heterocycles. The lowest BCUT2D eigenvalue weighted by atomic mass is 9.98. The van der Waals surface area contributed by atoms with Crippen LogP contribution in [0, 0.1) is 0 Å². The van der Waals surface area contributed by atoms with E-state index in [1.54, 1.807) is 41.5 Å². The Hall–Kier alpha value is -4.81. The summed E-state index contributed by atoms with van der Waals surface area (Å²) >= 11 is 0. The molecular formula is C35H48N4O9. The van der Waals surface area contributed by atoms with Crippen LogP contribution >= 0.6 is 0 Å². The Morgan fingerprint density at radius 1 is 0.688 bits per heavy atom. The van der Waals surface area contributed by atoms with Crippen LogP contribution in [0.15, 0.2) is 48.5 Å². The number of fused-ring (bicyclic) bond motifs is 3. The van der Waals surface area contributed by atoms with Gasteiger partial charge in [0.15, 0.2) is 0 Å². The molecule has 0 bridgehead atoms. The molecule has 4 amide bonds. The van der Waals surface area contributed by atoms with Gasteiger partial charge in [-0.15, -0.1) is 0 Å². The van der Waals surface area contributed by atoms with E-state index in [-0.39, 0.29) is 51.3 Å². The molecular weight excluding hydrogens is 620 g/mol. The number of amides is 4. The lowest BCUT2D eigenvalue weighted by molar-refractivity contribution is -0.142. The number of carboxylic acids is 1. The number of carbonyl (C=O) groups is 5. The van der Waals surface area contributed by atoms with Crippen LogP contribution in [0.2, 0.25) is 0 Å². The number of hydrogen-bond acceptors (Lipinski definition) is 8. The van der Waals surface area contributed by atoms with E-state index < -0.39 is 53.4 Å². The second-order valence-corrected chi connectivity index (χ2v) is 13.6. The van der Waals surface area contributed by atoms with Gasteiger partial charge in [0.1, 0.15) is 29.9 Å². The summed E-state index contributed by atoms with van der Waals surface area (Å²) in [5.74, 6) is -2.19. The normalized spacial score (nSPS) is 13.6. The molecule has 0 radical (unpaired) electrons. The third-order valence-corrected chi connectivity index (χ3v) is 7.24. The molecule has 0 spiro atoms. The third-order valence-electron chi connectivity index (χ3n) is 7.24. The summed E-state index contributed by atoms with van der Waals surface area (Å²) in [6.45, 7) is 10.7. The predicted molar refractivity (Wildman–Crippen MR) is 179 cm³/mol. The molecule has 1 aliphatic carbocycles. The van der Waals surface area contributed by atoms with Crippen molar-refractivity contribution in [3.63, 3.8) is 0 Å². The van der Waals surface area contributed by atoms with Crippen LogP contribution in [0.3, 0.4) is 0 Å². The highest BCUT2D eigenvalue weighted by atomic mass is 16.6. The van der Waals surface area contributed by atoms with Gasteiger partial charge in [-0.05, 0) is 89.5 Å². The molecule has 0 aliphatic heterocycles. The number of benzene rings is 2. The summed E-state index contributed by atoms with van der Waals surface area (Å²) in [5, 5.41) is 20.0. The molecule has 3 rings (SSSR count). The predicted octanol–water partition coefficient (Wildman–Crippen LogP) is 5.07. The SMILES string of the molecule is CC(C)(C)OC(=O)NCCC[C@H](NC(=O)[C@H](CCCNC(=O)OC(C)(C)C)NC(=O)OCC1c2ccccc2-c2ccccc21)C(=O)O. The van der Waals surface area contributed by atoms with Crippen LogP contribution in [0.25, 0.3) is 11.1 Å². The summed E-state index contributed by atoms with van der Waals surface area (Å²) in [6, 6.07) is 13.3. The van der Waals surface area contributed by atoms with Crippen molar-refractivity contribution < 1.29 is 43.3 Å². The highest BCUT2D eigenvalue weighted by Gasteiger charge is 2.31. The van der Waals surface area contributed by atoms with Crippen molar-refractivity contribution >= 4 is 30.2 Å². The first-order valence-electron chi connectivity index (χ1n) is 16.1. The summed E-state index contributed by atoms with van der Waals surface area (Å²) in [5.41, 5.74) is 2.82. The zero-order valence-electron chi connectivity index (χ0n) is 28.5. The molecule has 2 aromatic carbocycles. The fourth-order valence-corrected chi connectivity index (χ4v) is 5.20. The van der Waals surface area contributed by atoms with Gasteiger partial charge in [0, 0.05) is 19.0 Å². The molecule has 0 unspecified atom stereocenters. The number of carbonyl (C=O) groups excluding carboxylic acids is 4. The Balaban J connectivity index is 1.62. The number of aliphatic carboxylic acids is 1. The van der Waals surface area contributed by atoms with Crippen molar-refractivity contribution in [2.24, 2.45) is 0 Å². The van der Waals surface area contributed by atoms with E-state index in [4.69, 9.17) is 14.2 Å². The lowest BCUT2D eigenvalue weighted by Crippen LogP contribution is -2.52. The van der Waals surface area contributed by atoms with Gasteiger partial charge in [0.25, 0.3) is 0 Å². The van der Waals surface area contributed by atoms with Gasteiger partial charge >= 0.3 is 24.2 Å².